The third kappa shape index (κ3) is 4.46. The van der Waals surface area contributed by atoms with Crippen molar-refractivity contribution in [1.82, 2.24) is 20.3 Å². The molecule has 0 aliphatic carbocycles. The molecule has 0 fully saturated rings. The summed E-state index contributed by atoms with van der Waals surface area (Å²) in [5.74, 6) is 2.53. The highest BCUT2D eigenvalue weighted by Gasteiger charge is 2.12. The van der Waals surface area contributed by atoms with Gasteiger partial charge in [-0.25, -0.2) is 0 Å². The predicted molar refractivity (Wildman–Crippen MR) is 108 cm³/mol. The zero-order chi connectivity index (χ0) is 18.5. The van der Waals surface area contributed by atoms with Gasteiger partial charge in [0.25, 0.3) is 5.89 Å². The first-order valence-electron chi connectivity index (χ1n) is 8.12. The van der Waals surface area contributed by atoms with E-state index in [0.717, 1.165) is 21.3 Å². The molecule has 3 heterocycles. The van der Waals surface area contributed by atoms with E-state index in [4.69, 9.17) is 9.26 Å². The summed E-state index contributed by atoms with van der Waals surface area (Å²) in [6.07, 6.45) is 0. The van der Waals surface area contributed by atoms with Crippen LogP contribution in [0.5, 0.6) is 5.75 Å². The molecule has 1 N–H and O–H groups in total. The maximum Gasteiger partial charge on any atom is 0.258 e. The van der Waals surface area contributed by atoms with E-state index < -0.39 is 0 Å². The van der Waals surface area contributed by atoms with Gasteiger partial charge < -0.3 is 14.6 Å². The van der Waals surface area contributed by atoms with Gasteiger partial charge in [0.1, 0.15) is 5.75 Å². The molecular weight excluding hydrogens is 402 g/mol. The molecule has 0 spiro atoms. The van der Waals surface area contributed by atoms with Crippen molar-refractivity contribution in [3.8, 4) is 17.2 Å². The van der Waals surface area contributed by atoms with Gasteiger partial charge in [0.2, 0.25) is 5.13 Å². The molecule has 10 heteroatoms. The molecule has 0 saturated heterocycles. The van der Waals surface area contributed by atoms with Crippen LogP contribution < -0.4 is 10.1 Å². The second kappa shape index (κ2) is 8.51. The van der Waals surface area contributed by atoms with Crippen LogP contribution >= 0.6 is 34.4 Å². The lowest BCUT2D eigenvalue weighted by atomic mass is 10.3. The molecule has 0 bridgehead atoms. The Labute approximate surface area is 167 Å². The Hall–Kier alpha value is -2.43. The Morgan fingerprint density at radius 1 is 1.22 bits per heavy atom. The minimum atomic E-state index is 0.541. The summed E-state index contributed by atoms with van der Waals surface area (Å²) >= 11 is 4.58. The number of aromatic nitrogens is 4. The van der Waals surface area contributed by atoms with Crippen LogP contribution in [-0.4, -0.2) is 26.9 Å². The van der Waals surface area contributed by atoms with E-state index in [9.17, 15) is 0 Å². The van der Waals surface area contributed by atoms with Crippen molar-refractivity contribution >= 4 is 45.3 Å². The molecule has 4 rings (SSSR count). The first kappa shape index (κ1) is 18.0. The molecular formula is C17H15N5O2S3. The van der Waals surface area contributed by atoms with Crippen LogP contribution in [-0.2, 0) is 5.75 Å². The highest BCUT2D eigenvalue weighted by atomic mass is 32.2. The third-order valence-corrected chi connectivity index (χ3v) is 6.05. The van der Waals surface area contributed by atoms with Crippen LogP contribution in [0.4, 0.5) is 10.8 Å². The molecule has 0 radical (unpaired) electrons. The normalized spacial score (nSPS) is 10.9. The third-order valence-electron chi connectivity index (χ3n) is 3.40. The molecule has 7 nitrogen and oxygen atoms in total. The van der Waals surface area contributed by atoms with Crippen LogP contribution in [0, 0.1) is 0 Å². The number of rotatable bonds is 8. The fourth-order valence-corrected chi connectivity index (χ4v) is 4.46. The van der Waals surface area contributed by atoms with Crippen LogP contribution in [0.3, 0.4) is 0 Å². The van der Waals surface area contributed by atoms with Gasteiger partial charge in [-0.15, -0.1) is 10.2 Å². The fourth-order valence-electron chi connectivity index (χ4n) is 2.23. The quantitative estimate of drug-likeness (QED) is 0.397. The van der Waals surface area contributed by atoms with E-state index in [-0.39, 0.29) is 0 Å². The largest absolute Gasteiger partial charge is 0.492 e. The number of thiophene rings is 1. The predicted octanol–water partition coefficient (Wildman–Crippen LogP) is 5.08. The lowest BCUT2D eigenvalue weighted by Gasteiger charge is -2.09. The molecule has 0 aliphatic rings. The van der Waals surface area contributed by atoms with E-state index in [0.29, 0.717) is 29.2 Å². The van der Waals surface area contributed by atoms with Crippen molar-refractivity contribution in [2.24, 2.45) is 0 Å². The van der Waals surface area contributed by atoms with Gasteiger partial charge in [0.15, 0.2) is 10.2 Å². The molecule has 0 amide bonds. The molecule has 3 aromatic heterocycles. The first-order chi connectivity index (χ1) is 13.3. The summed E-state index contributed by atoms with van der Waals surface area (Å²) < 4.78 is 11.7. The maximum absolute atomic E-state index is 5.62. The van der Waals surface area contributed by atoms with Crippen LogP contribution in [0.25, 0.3) is 11.5 Å². The summed E-state index contributed by atoms with van der Waals surface area (Å²) in [4.78, 5) is 4.41. The number of anilines is 2. The van der Waals surface area contributed by atoms with Crippen LogP contribution in [0.1, 0.15) is 12.7 Å². The Morgan fingerprint density at radius 3 is 3.00 bits per heavy atom. The van der Waals surface area contributed by atoms with E-state index in [1.165, 1.54) is 23.1 Å². The van der Waals surface area contributed by atoms with E-state index in [2.05, 4.69) is 25.7 Å². The second-order valence-corrected chi connectivity index (χ2v) is 8.22. The summed E-state index contributed by atoms with van der Waals surface area (Å²) in [5.41, 5.74) is 1.81. The average Bonchev–Trinajstić information content (AvgIpc) is 3.43. The Balaban J connectivity index is 1.37. The van der Waals surface area contributed by atoms with Gasteiger partial charge in [-0.3, -0.25) is 0 Å². The SMILES string of the molecule is CCOc1ccccc1Nc1nnc(SCc2noc(-c3ccsc3)n2)s1. The summed E-state index contributed by atoms with van der Waals surface area (Å²) in [7, 11) is 0. The monoisotopic (exact) mass is 417 g/mol. The maximum atomic E-state index is 5.62. The van der Waals surface area contributed by atoms with E-state index in [1.54, 1.807) is 11.3 Å². The standard InChI is InChI=1S/C17H15N5O2S3/c1-2-23-13-6-4-3-5-12(13)18-16-20-21-17(27-16)26-10-14-19-15(24-22-14)11-7-8-25-9-11/h3-9H,2,10H2,1H3,(H,18,20). The lowest BCUT2D eigenvalue weighted by molar-refractivity contribution is 0.342. The lowest BCUT2D eigenvalue weighted by Crippen LogP contribution is -1.97. The number of nitrogens with zero attached hydrogens (tertiary/aromatic N) is 4. The van der Waals surface area contributed by atoms with Gasteiger partial charge in [0, 0.05) is 5.38 Å². The van der Waals surface area contributed by atoms with Gasteiger partial charge in [0.05, 0.1) is 23.6 Å². The topological polar surface area (TPSA) is 86.0 Å². The van der Waals surface area contributed by atoms with Gasteiger partial charge in [-0.05, 0) is 30.5 Å². The molecule has 0 unspecified atom stereocenters. The number of benzene rings is 1. The van der Waals surface area contributed by atoms with E-state index in [1.807, 2.05) is 48.0 Å². The molecule has 138 valence electrons. The smallest absolute Gasteiger partial charge is 0.258 e. The number of para-hydroxylation sites is 2. The Kier molecular flexibility index (Phi) is 5.66. The zero-order valence-corrected chi connectivity index (χ0v) is 16.7. The first-order valence-corrected chi connectivity index (χ1v) is 10.9. The minimum absolute atomic E-state index is 0.541. The van der Waals surface area contributed by atoms with Crippen molar-refractivity contribution in [2.45, 2.75) is 17.0 Å². The number of hydrogen-bond acceptors (Lipinski definition) is 10. The second-order valence-electron chi connectivity index (χ2n) is 5.24. The highest BCUT2D eigenvalue weighted by molar-refractivity contribution is 8.00. The molecule has 27 heavy (non-hydrogen) atoms. The summed E-state index contributed by atoms with van der Waals surface area (Å²) in [5, 5.41) is 20.3. The molecule has 1 aromatic carbocycles. The van der Waals surface area contributed by atoms with Crippen molar-refractivity contribution in [2.75, 3.05) is 11.9 Å². The van der Waals surface area contributed by atoms with Crippen molar-refractivity contribution in [3.63, 3.8) is 0 Å². The molecule has 0 aliphatic heterocycles. The van der Waals surface area contributed by atoms with Crippen molar-refractivity contribution in [3.05, 3.63) is 46.9 Å². The summed E-state index contributed by atoms with van der Waals surface area (Å²) in [6, 6.07) is 9.71. The van der Waals surface area contributed by atoms with E-state index >= 15 is 0 Å². The van der Waals surface area contributed by atoms with Crippen molar-refractivity contribution in [1.29, 1.82) is 0 Å². The summed E-state index contributed by atoms with van der Waals surface area (Å²) in [6.45, 7) is 2.56. The average molecular weight is 418 g/mol. The molecule has 0 saturated carbocycles. The van der Waals surface area contributed by atoms with Crippen LogP contribution in [0.2, 0.25) is 0 Å². The van der Waals surface area contributed by atoms with Gasteiger partial charge >= 0.3 is 0 Å². The molecule has 0 atom stereocenters. The molecule has 4 aromatic rings. The van der Waals surface area contributed by atoms with Gasteiger partial charge in [-0.1, -0.05) is 40.4 Å². The van der Waals surface area contributed by atoms with Crippen LogP contribution in [0.15, 0.2) is 50.0 Å². The van der Waals surface area contributed by atoms with Crippen molar-refractivity contribution < 1.29 is 9.26 Å². The highest BCUT2D eigenvalue weighted by Crippen LogP contribution is 2.32. The van der Waals surface area contributed by atoms with Gasteiger partial charge in [-0.2, -0.15) is 16.3 Å². The zero-order valence-electron chi connectivity index (χ0n) is 14.3. The number of ether oxygens (including phenoxy) is 1. The number of nitrogens with one attached hydrogen (secondary N) is 1. The Bertz CT molecular complexity index is 1000. The minimum Gasteiger partial charge on any atom is -0.492 e. The number of thioether (sulfide) groups is 1. The number of hydrogen-bond donors (Lipinski definition) is 1. The Morgan fingerprint density at radius 2 is 2.15 bits per heavy atom. The fraction of sp³-hybridized carbons (Fsp3) is 0.176.